The van der Waals surface area contributed by atoms with Crippen molar-refractivity contribution >= 4 is 38.9 Å². The first-order valence-electron chi connectivity index (χ1n) is 24.3. The van der Waals surface area contributed by atoms with E-state index < -0.39 is 0 Å². The molecule has 1 heterocycles. The SMILES string of the molecule is CC[C@H](C)c1ccc(-n2c3cc(-c4cccc(N(c5ccc(C6CCCCC6)cc5)c5ccc(C6CCCCC6)cc5)c4)ccc3c3cc4c(cc32)C(C)(C)c2ccccc2-4)cc1. The van der Waals surface area contributed by atoms with E-state index in [1.807, 2.05) is 0 Å². The number of hydrogen-bond donors (Lipinski definition) is 0. The standard InChI is InChI=1S/C61H62N2/c1-5-41(2)42-23-30-51(31-24-42)63-59-38-48(29-36-54(59)56-39-55-53-21-12-13-22-57(53)61(3,4)58(55)40-60(56)63)47-19-14-20-52(37-47)62(49-32-25-45(26-33-49)43-15-8-6-9-16-43)50-34-27-46(28-35-50)44-17-10-7-11-18-44/h12-14,19-41,43-44H,5-11,15-18H2,1-4H3/t41-/m0/s1. The second-order valence-electron chi connectivity index (χ2n) is 19.8. The van der Waals surface area contributed by atoms with E-state index >= 15 is 0 Å². The smallest absolute Gasteiger partial charge is 0.0547 e. The van der Waals surface area contributed by atoms with Gasteiger partial charge in [0.25, 0.3) is 0 Å². The molecule has 1 aromatic heterocycles. The summed E-state index contributed by atoms with van der Waals surface area (Å²) in [5.41, 5.74) is 19.6. The first-order chi connectivity index (χ1) is 30.9. The molecule has 0 radical (unpaired) electrons. The summed E-state index contributed by atoms with van der Waals surface area (Å²) in [6.07, 6.45) is 14.6. The number of aromatic nitrogens is 1. The van der Waals surface area contributed by atoms with Crippen molar-refractivity contribution in [3.8, 4) is 27.9 Å². The summed E-state index contributed by atoms with van der Waals surface area (Å²) in [6, 6.07) is 59.0. The maximum atomic E-state index is 2.53. The van der Waals surface area contributed by atoms with E-state index in [0.717, 1.165) is 6.42 Å². The van der Waals surface area contributed by atoms with Crippen LogP contribution in [0, 0.1) is 0 Å². The fraction of sp³-hybridized carbons (Fsp3) is 0.311. The van der Waals surface area contributed by atoms with Gasteiger partial charge in [-0.05, 0) is 167 Å². The van der Waals surface area contributed by atoms with Crippen LogP contribution in [0.1, 0.15) is 144 Å². The van der Waals surface area contributed by atoms with Crippen molar-refractivity contribution in [1.82, 2.24) is 4.57 Å². The zero-order chi connectivity index (χ0) is 42.7. The largest absolute Gasteiger partial charge is 0.310 e. The van der Waals surface area contributed by atoms with Gasteiger partial charge in [0.1, 0.15) is 0 Å². The van der Waals surface area contributed by atoms with Gasteiger partial charge in [0.15, 0.2) is 0 Å². The molecule has 0 spiro atoms. The van der Waals surface area contributed by atoms with Gasteiger partial charge >= 0.3 is 0 Å². The van der Waals surface area contributed by atoms with Crippen LogP contribution in [0.3, 0.4) is 0 Å². The highest BCUT2D eigenvalue weighted by Crippen LogP contribution is 2.51. The Balaban J connectivity index is 1.04. The molecule has 316 valence electrons. The van der Waals surface area contributed by atoms with Gasteiger partial charge in [-0.15, -0.1) is 0 Å². The summed E-state index contributed by atoms with van der Waals surface area (Å²) in [5.74, 6) is 1.90. The van der Waals surface area contributed by atoms with Crippen LogP contribution < -0.4 is 4.90 Å². The Morgan fingerprint density at radius 1 is 0.524 bits per heavy atom. The van der Waals surface area contributed by atoms with Gasteiger partial charge in [-0.1, -0.05) is 151 Å². The Labute approximate surface area is 375 Å². The highest BCUT2D eigenvalue weighted by Gasteiger charge is 2.36. The Bertz CT molecular complexity index is 2850. The normalized spacial score (nSPS) is 16.9. The quantitative estimate of drug-likeness (QED) is 0.141. The van der Waals surface area contributed by atoms with Gasteiger partial charge in [-0.2, -0.15) is 0 Å². The molecular formula is C61H62N2. The summed E-state index contributed by atoms with van der Waals surface area (Å²) in [5, 5.41) is 2.60. The minimum Gasteiger partial charge on any atom is -0.310 e. The lowest BCUT2D eigenvalue weighted by molar-refractivity contribution is 0.443. The monoisotopic (exact) mass is 822 g/mol. The van der Waals surface area contributed by atoms with Gasteiger partial charge in [0.05, 0.1) is 11.0 Å². The minimum atomic E-state index is -0.0777. The molecule has 2 heteroatoms. The van der Waals surface area contributed by atoms with Crippen LogP contribution in [-0.2, 0) is 5.41 Å². The fourth-order valence-corrected chi connectivity index (χ4v) is 11.8. The van der Waals surface area contributed by atoms with Crippen LogP contribution in [0.4, 0.5) is 17.1 Å². The van der Waals surface area contributed by atoms with Gasteiger partial charge in [-0.25, -0.2) is 0 Å². The molecule has 3 aliphatic carbocycles. The zero-order valence-electron chi connectivity index (χ0n) is 37.8. The molecule has 0 aliphatic heterocycles. The summed E-state index contributed by atoms with van der Waals surface area (Å²) < 4.78 is 2.53. The molecule has 8 aromatic rings. The summed E-state index contributed by atoms with van der Waals surface area (Å²) >= 11 is 0. The van der Waals surface area contributed by atoms with Crippen molar-refractivity contribution in [2.45, 2.75) is 121 Å². The predicted octanol–water partition coefficient (Wildman–Crippen LogP) is 17.8. The number of anilines is 3. The molecule has 3 aliphatic rings. The Kier molecular flexibility index (Phi) is 10.4. The first kappa shape index (κ1) is 40.0. The topological polar surface area (TPSA) is 8.17 Å². The molecule has 0 N–H and O–H groups in total. The number of fused-ring (bicyclic) bond motifs is 6. The third kappa shape index (κ3) is 7.11. The Morgan fingerprint density at radius 3 is 1.76 bits per heavy atom. The number of benzene rings is 7. The Hall–Kier alpha value is -5.86. The van der Waals surface area contributed by atoms with E-state index in [2.05, 4.69) is 189 Å². The third-order valence-corrected chi connectivity index (χ3v) is 15.7. The van der Waals surface area contributed by atoms with Crippen LogP contribution in [0.2, 0.25) is 0 Å². The second kappa shape index (κ2) is 16.4. The number of nitrogens with zero attached hydrogens (tertiary/aromatic N) is 2. The molecule has 2 saturated carbocycles. The lowest BCUT2D eigenvalue weighted by atomic mass is 9.82. The van der Waals surface area contributed by atoms with Crippen molar-refractivity contribution in [2.24, 2.45) is 0 Å². The van der Waals surface area contributed by atoms with Crippen molar-refractivity contribution in [2.75, 3.05) is 4.90 Å². The van der Waals surface area contributed by atoms with Crippen LogP contribution >= 0.6 is 0 Å². The maximum absolute atomic E-state index is 2.53. The van der Waals surface area contributed by atoms with Crippen LogP contribution in [0.5, 0.6) is 0 Å². The minimum absolute atomic E-state index is 0.0777. The predicted molar refractivity (Wildman–Crippen MR) is 269 cm³/mol. The van der Waals surface area contributed by atoms with Crippen molar-refractivity contribution in [1.29, 1.82) is 0 Å². The molecule has 1 atom stereocenters. The fourth-order valence-electron chi connectivity index (χ4n) is 11.8. The molecule has 0 amide bonds. The van der Waals surface area contributed by atoms with E-state index in [1.165, 1.54) is 159 Å². The third-order valence-electron chi connectivity index (χ3n) is 15.7. The molecule has 2 fully saturated rings. The van der Waals surface area contributed by atoms with Gasteiger partial charge in [0.2, 0.25) is 0 Å². The highest BCUT2D eigenvalue weighted by molar-refractivity contribution is 6.12. The van der Waals surface area contributed by atoms with Crippen molar-refractivity contribution in [3.63, 3.8) is 0 Å². The number of hydrogen-bond acceptors (Lipinski definition) is 1. The summed E-state index contributed by atoms with van der Waals surface area (Å²) in [7, 11) is 0. The van der Waals surface area contributed by atoms with E-state index in [1.54, 1.807) is 0 Å². The summed E-state index contributed by atoms with van der Waals surface area (Å²) in [6.45, 7) is 9.40. The molecule has 0 unspecified atom stereocenters. The molecule has 11 rings (SSSR count). The van der Waals surface area contributed by atoms with Gasteiger partial charge < -0.3 is 9.47 Å². The Morgan fingerprint density at radius 2 is 1.13 bits per heavy atom. The second-order valence-corrected chi connectivity index (χ2v) is 19.8. The van der Waals surface area contributed by atoms with Crippen LogP contribution in [-0.4, -0.2) is 4.57 Å². The molecule has 63 heavy (non-hydrogen) atoms. The average molecular weight is 823 g/mol. The van der Waals surface area contributed by atoms with Crippen molar-refractivity contribution < 1.29 is 0 Å². The summed E-state index contributed by atoms with van der Waals surface area (Å²) in [4.78, 5) is 2.48. The number of rotatable bonds is 9. The van der Waals surface area contributed by atoms with Crippen LogP contribution in [0.25, 0.3) is 49.7 Å². The lowest BCUT2D eigenvalue weighted by Crippen LogP contribution is -2.14. The maximum Gasteiger partial charge on any atom is 0.0547 e. The average Bonchev–Trinajstić information content (AvgIpc) is 3.78. The molecular weight excluding hydrogens is 761 g/mol. The molecule has 0 bridgehead atoms. The zero-order valence-corrected chi connectivity index (χ0v) is 37.8. The molecule has 2 nitrogen and oxygen atoms in total. The van der Waals surface area contributed by atoms with E-state index in [4.69, 9.17) is 0 Å². The van der Waals surface area contributed by atoms with Crippen LogP contribution in [0.15, 0.2) is 152 Å². The lowest BCUT2D eigenvalue weighted by Gasteiger charge is -2.28. The first-order valence-corrected chi connectivity index (χ1v) is 24.3. The van der Waals surface area contributed by atoms with E-state index in [0.29, 0.717) is 17.8 Å². The molecule has 7 aromatic carbocycles. The van der Waals surface area contributed by atoms with Gasteiger partial charge in [-0.3, -0.25) is 0 Å². The van der Waals surface area contributed by atoms with E-state index in [-0.39, 0.29) is 5.41 Å². The molecule has 0 saturated heterocycles. The van der Waals surface area contributed by atoms with Gasteiger partial charge in [0, 0.05) is 38.9 Å². The van der Waals surface area contributed by atoms with E-state index in [9.17, 15) is 0 Å². The van der Waals surface area contributed by atoms with Crippen molar-refractivity contribution in [3.05, 3.63) is 179 Å². The highest BCUT2D eigenvalue weighted by atomic mass is 15.1.